The van der Waals surface area contributed by atoms with Gasteiger partial charge in [0.2, 0.25) is 0 Å². The zero-order chi connectivity index (χ0) is 15.4. The molecular formula is C16H22N2O3. The largest absolute Gasteiger partial charge is 0.481 e. The molecule has 1 aromatic rings. The second kappa shape index (κ2) is 6.61. The Morgan fingerprint density at radius 1 is 1.19 bits per heavy atom. The van der Waals surface area contributed by atoms with Crippen LogP contribution in [0.1, 0.15) is 38.7 Å². The number of carbonyl (C=O) groups is 2. The van der Waals surface area contributed by atoms with Crippen molar-refractivity contribution in [1.82, 2.24) is 4.90 Å². The van der Waals surface area contributed by atoms with Crippen LogP contribution in [0.15, 0.2) is 24.3 Å². The zero-order valence-corrected chi connectivity index (χ0v) is 12.5. The second-order valence-corrected chi connectivity index (χ2v) is 5.73. The van der Waals surface area contributed by atoms with Gasteiger partial charge >= 0.3 is 12.0 Å². The van der Waals surface area contributed by atoms with Crippen molar-refractivity contribution in [3.63, 3.8) is 0 Å². The Bertz CT molecular complexity index is 503. The van der Waals surface area contributed by atoms with Gasteiger partial charge in [0.1, 0.15) is 0 Å². The van der Waals surface area contributed by atoms with Crippen LogP contribution in [0, 0.1) is 0 Å². The summed E-state index contributed by atoms with van der Waals surface area (Å²) in [6.07, 6.45) is 3.23. The minimum atomic E-state index is -0.859. The van der Waals surface area contributed by atoms with Gasteiger partial charge in [-0.3, -0.25) is 4.79 Å². The van der Waals surface area contributed by atoms with Crippen molar-refractivity contribution >= 4 is 17.7 Å². The molecule has 2 N–H and O–H groups in total. The molecule has 0 spiro atoms. The number of carboxylic acids is 1. The summed E-state index contributed by atoms with van der Waals surface area (Å²) in [5, 5.41) is 11.6. The Balaban J connectivity index is 2.00. The topological polar surface area (TPSA) is 69.6 Å². The Labute approximate surface area is 125 Å². The molecule has 21 heavy (non-hydrogen) atoms. The number of aliphatic carboxylic acids is 1. The maximum absolute atomic E-state index is 12.4. The van der Waals surface area contributed by atoms with Gasteiger partial charge in [0, 0.05) is 17.8 Å². The van der Waals surface area contributed by atoms with Crippen LogP contribution in [0.25, 0.3) is 0 Å². The number of carbonyl (C=O) groups excluding carboxylic acids is 1. The third kappa shape index (κ3) is 3.97. The zero-order valence-electron chi connectivity index (χ0n) is 12.5. The van der Waals surface area contributed by atoms with Crippen molar-refractivity contribution in [2.45, 2.75) is 51.6 Å². The van der Waals surface area contributed by atoms with Gasteiger partial charge in [0.05, 0.1) is 6.42 Å². The van der Waals surface area contributed by atoms with Crippen molar-refractivity contribution in [1.29, 1.82) is 0 Å². The molecule has 0 aliphatic carbocycles. The van der Waals surface area contributed by atoms with Gasteiger partial charge in [-0.05, 0) is 50.8 Å². The third-order valence-electron chi connectivity index (χ3n) is 3.99. The van der Waals surface area contributed by atoms with Crippen LogP contribution < -0.4 is 5.32 Å². The van der Waals surface area contributed by atoms with Gasteiger partial charge in [0.25, 0.3) is 0 Å². The molecule has 2 rings (SSSR count). The molecule has 2 unspecified atom stereocenters. The van der Waals surface area contributed by atoms with E-state index in [1.165, 1.54) is 0 Å². The second-order valence-electron chi connectivity index (χ2n) is 5.73. The maximum Gasteiger partial charge on any atom is 0.322 e. The standard InChI is InChI=1S/C16H22N2O3/c1-11-4-3-5-12(2)18(11)16(21)17-14-8-6-13(7-9-14)10-15(19)20/h6-9,11-12H,3-5,10H2,1-2H3,(H,17,21)(H,19,20). The smallest absolute Gasteiger partial charge is 0.322 e. The maximum atomic E-state index is 12.4. The molecule has 1 aliphatic rings. The van der Waals surface area contributed by atoms with Gasteiger partial charge < -0.3 is 15.3 Å². The first kappa shape index (κ1) is 15.4. The molecular weight excluding hydrogens is 268 g/mol. The van der Waals surface area contributed by atoms with Gasteiger partial charge in [0.15, 0.2) is 0 Å². The van der Waals surface area contributed by atoms with Gasteiger partial charge in [-0.25, -0.2) is 4.79 Å². The number of urea groups is 1. The highest BCUT2D eigenvalue weighted by atomic mass is 16.4. The Kier molecular flexibility index (Phi) is 4.83. The quantitative estimate of drug-likeness (QED) is 0.898. The molecule has 2 atom stereocenters. The summed E-state index contributed by atoms with van der Waals surface area (Å²) < 4.78 is 0. The summed E-state index contributed by atoms with van der Waals surface area (Å²) in [7, 11) is 0. The molecule has 0 bridgehead atoms. The molecule has 0 saturated carbocycles. The number of hydrogen-bond donors (Lipinski definition) is 2. The Morgan fingerprint density at radius 2 is 1.76 bits per heavy atom. The minimum Gasteiger partial charge on any atom is -0.481 e. The number of likely N-dealkylation sites (tertiary alicyclic amines) is 1. The van der Waals surface area contributed by atoms with Crippen LogP contribution >= 0.6 is 0 Å². The molecule has 2 amide bonds. The van der Waals surface area contributed by atoms with E-state index in [4.69, 9.17) is 5.11 Å². The summed E-state index contributed by atoms with van der Waals surface area (Å²) >= 11 is 0. The van der Waals surface area contributed by atoms with Crippen molar-refractivity contribution in [2.24, 2.45) is 0 Å². The average molecular weight is 290 g/mol. The summed E-state index contributed by atoms with van der Waals surface area (Å²) in [6.45, 7) is 4.15. The summed E-state index contributed by atoms with van der Waals surface area (Å²) in [4.78, 5) is 24.9. The highest BCUT2D eigenvalue weighted by Gasteiger charge is 2.28. The average Bonchev–Trinajstić information content (AvgIpc) is 2.40. The van der Waals surface area contributed by atoms with Crippen LogP contribution in [0.2, 0.25) is 0 Å². The van der Waals surface area contributed by atoms with Crippen LogP contribution in [0.4, 0.5) is 10.5 Å². The lowest BCUT2D eigenvalue weighted by atomic mass is 9.98. The van der Waals surface area contributed by atoms with Gasteiger partial charge in [-0.1, -0.05) is 12.1 Å². The Hall–Kier alpha value is -2.04. The van der Waals surface area contributed by atoms with Crippen LogP contribution in [0.5, 0.6) is 0 Å². The lowest BCUT2D eigenvalue weighted by molar-refractivity contribution is -0.136. The van der Waals surface area contributed by atoms with E-state index >= 15 is 0 Å². The van der Waals surface area contributed by atoms with E-state index in [1.54, 1.807) is 24.3 Å². The number of nitrogens with zero attached hydrogens (tertiary/aromatic N) is 1. The normalized spacial score (nSPS) is 21.9. The van der Waals surface area contributed by atoms with Crippen LogP contribution in [-0.4, -0.2) is 34.1 Å². The molecule has 1 fully saturated rings. The molecule has 1 saturated heterocycles. The number of anilines is 1. The monoisotopic (exact) mass is 290 g/mol. The molecule has 0 radical (unpaired) electrons. The first-order chi connectivity index (χ1) is 9.97. The van der Waals surface area contributed by atoms with Crippen molar-refractivity contribution in [2.75, 3.05) is 5.32 Å². The van der Waals surface area contributed by atoms with E-state index in [9.17, 15) is 9.59 Å². The molecule has 1 aliphatic heterocycles. The van der Waals surface area contributed by atoms with Gasteiger partial charge in [-0.2, -0.15) is 0 Å². The van der Waals surface area contributed by atoms with E-state index in [-0.39, 0.29) is 24.5 Å². The first-order valence-corrected chi connectivity index (χ1v) is 7.37. The van der Waals surface area contributed by atoms with Crippen LogP contribution in [-0.2, 0) is 11.2 Å². The van der Waals surface area contributed by atoms with Crippen LogP contribution in [0.3, 0.4) is 0 Å². The molecule has 5 heteroatoms. The van der Waals surface area contributed by atoms with Crippen molar-refractivity contribution < 1.29 is 14.7 Å². The van der Waals surface area contributed by atoms with E-state index < -0.39 is 5.97 Å². The molecule has 114 valence electrons. The number of benzene rings is 1. The number of rotatable bonds is 3. The molecule has 5 nitrogen and oxygen atoms in total. The van der Waals surface area contributed by atoms with Crippen molar-refractivity contribution in [3.8, 4) is 0 Å². The number of amides is 2. The van der Waals surface area contributed by atoms with E-state index in [1.807, 2.05) is 4.90 Å². The first-order valence-electron chi connectivity index (χ1n) is 7.37. The predicted molar refractivity (Wildman–Crippen MR) is 81.4 cm³/mol. The molecule has 1 heterocycles. The summed E-state index contributed by atoms with van der Waals surface area (Å²) in [5.41, 5.74) is 1.42. The van der Waals surface area contributed by atoms with Gasteiger partial charge in [-0.15, -0.1) is 0 Å². The SMILES string of the molecule is CC1CCCC(C)N1C(=O)Nc1ccc(CC(=O)O)cc1. The number of piperidine rings is 1. The minimum absolute atomic E-state index is 0.00554. The fraction of sp³-hybridized carbons (Fsp3) is 0.500. The van der Waals surface area contributed by atoms with E-state index in [2.05, 4.69) is 19.2 Å². The number of hydrogen-bond acceptors (Lipinski definition) is 2. The third-order valence-corrected chi connectivity index (χ3v) is 3.99. The molecule has 0 aromatic heterocycles. The summed E-state index contributed by atoms with van der Waals surface area (Å²) in [6, 6.07) is 7.37. The fourth-order valence-electron chi connectivity index (χ4n) is 2.89. The lowest BCUT2D eigenvalue weighted by Crippen LogP contribution is -2.49. The van der Waals surface area contributed by atoms with Crippen molar-refractivity contribution in [3.05, 3.63) is 29.8 Å². The van der Waals surface area contributed by atoms with E-state index in [0.29, 0.717) is 5.69 Å². The highest BCUT2D eigenvalue weighted by Crippen LogP contribution is 2.23. The number of nitrogens with one attached hydrogen (secondary N) is 1. The highest BCUT2D eigenvalue weighted by molar-refractivity contribution is 5.89. The predicted octanol–water partition coefficient (Wildman–Crippen LogP) is 3.11. The number of carboxylic acid groups (broad SMARTS) is 1. The summed E-state index contributed by atoms with van der Waals surface area (Å²) in [5.74, 6) is -0.859. The lowest BCUT2D eigenvalue weighted by Gasteiger charge is -2.38. The Morgan fingerprint density at radius 3 is 2.29 bits per heavy atom. The van der Waals surface area contributed by atoms with E-state index in [0.717, 1.165) is 24.8 Å². The fourth-order valence-corrected chi connectivity index (χ4v) is 2.89. The molecule has 1 aromatic carbocycles.